The number of carbonyl (C=O) groups excluding carboxylic acids is 6. The predicted molar refractivity (Wildman–Crippen MR) is 247 cm³/mol. The molecule has 0 spiro atoms. The highest BCUT2D eigenvalue weighted by atomic mass is 32.2. The number of likely N-dealkylation sites (tertiary alicyclic amines) is 1. The van der Waals surface area contributed by atoms with Crippen LogP contribution in [-0.4, -0.2) is 203 Å². The van der Waals surface area contributed by atoms with Gasteiger partial charge >= 0.3 is 23.9 Å². The minimum atomic E-state index is -1.05. The average Bonchev–Trinajstić information content (AvgIpc) is 3.49. The number of aryl methyl sites for hydroxylation is 1. The van der Waals surface area contributed by atoms with Crippen molar-refractivity contribution in [3.63, 3.8) is 0 Å². The van der Waals surface area contributed by atoms with Crippen LogP contribution in [0.1, 0.15) is 57.6 Å². The smallest absolute Gasteiger partial charge is 0.319 e. The number of carboxylic acids is 3. The third kappa shape index (κ3) is 19.4. The van der Waals surface area contributed by atoms with Gasteiger partial charge in [0.25, 0.3) is 0 Å². The predicted octanol–water partition coefficient (Wildman–Crippen LogP) is 0.463. The van der Waals surface area contributed by atoms with E-state index in [9.17, 15) is 58.5 Å². The van der Waals surface area contributed by atoms with Crippen molar-refractivity contribution < 1.29 is 58.5 Å². The quantitative estimate of drug-likeness (QED) is 0.0694. The Labute approximate surface area is 390 Å². The number of Topliss-reactive ketones (excluding diaryl/α,β-unsaturated/α-hetero) is 1. The molecule has 2 aliphatic rings. The maximum atomic E-state index is 13.7. The second kappa shape index (κ2) is 28.1. The number of nitrogens with one attached hydrogen (secondary N) is 4. The van der Waals surface area contributed by atoms with E-state index in [0.717, 1.165) is 10.5 Å². The maximum absolute atomic E-state index is 13.7. The first-order chi connectivity index (χ1) is 31.3. The lowest BCUT2D eigenvalue weighted by Crippen LogP contribution is -2.49. The van der Waals surface area contributed by atoms with Gasteiger partial charge in [0.2, 0.25) is 23.6 Å². The molecule has 2 aliphatic heterocycles. The first kappa shape index (κ1) is 55.2. The summed E-state index contributed by atoms with van der Waals surface area (Å²) >= 11 is 1.51. The molecule has 0 radical (unpaired) electrons. The number of benzene rings is 1. The zero-order chi connectivity index (χ0) is 48.9. The molecule has 0 saturated carbocycles. The SMILES string of the molecule is CC[C@H](C)[C@H](CC(=O)[C@H](CCSC)NC(=O)Nc1ccc(CNC(=O)CN2CCN(CC(=O)O)CCN(CC(=O)O)CCN(CC(=O)O)CC2)cc1C)C(=O)NCCN1C(=O)CC(C)C1=O. The number of hydrogen-bond acceptors (Lipinski definition) is 14. The Morgan fingerprint density at radius 3 is 1.79 bits per heavy atom. The molecule has 1 aromatic rings. The van der Waals surface area contributed by atoms with Gasteiger partial charge in [-0.25, -0.2) is 4.79 Å². The Balaban J connectivity index is 1.60. The molecule has 0 bridgehead atoms. The molecule has 7 N–H and O–H groups in total. The van der Waals surface area contributed by atoms with Gasteiger partial charge in [-0.2, -0.15) is 11.8 Å². The van der Waals surface area contributed by atoms with Crippen molar-refractivity contribution in [1.29, 1.82) is 0 Å². The van der Waals surface area contributed by atoms with E-state index in [1.165, 1.54) is 11.8 Å². The summed E-state index contributed by atoms with van der Waals surface area (Å²) in [5.41, 5.74) is 1.90. The van der Waals surface area contributed by atoms with Crippen molar-refractivity contribution >= 4 is 70.8 Å². The van der Waals surface area contributed by atoms with Gasteiger partial charge in [-0.3, -0.25) is 62.9 Å². The van der Waals surface area contributed by atoms with Crippen molar-refractivity contribution in [2.75, 3.05) is 109 Å². The number of carboxylic acid groups (broad SMARTS) is 3. The van der Waals surface area contributed by atoms with Crippen LogP contribution < -0.4 is 21.3 Å². The highest BCUT2D eigenvalue weighted by Gasteiger charge is 2.36. The van der Waals surface area contributed by atoms with E-state index >= 15 is 0 Å². The maximum Gasteiger partial charge on any atom is 0.319 e. The third-order valence-corrected chi connectivity index (χ3v) is 12.5. The van der Waals surface area contributed by atoms with Gasteiger partial charge in [-0.05, 0) is 48.5 Å². The van der Waals surface area contributed by atoms with Gasteiger partial charge in [0.1, 0.15) is 0 Å². The molecule has 66 heavy (non-hydrogen) atoms. The number of aliphatic carboxylic acids is 3. The van der Waals surface area contributed by atoms with Crippen LogP contribution in [0.15, 0.2) is 18.2 Å². The van der Waals surface area contributed by atoms with Crippen molar-refractivity contribution in [1.82, 2.24) is 40.4 Å². The topological polar surface area (TPSA) is 279 Å². The molecule has 0 aliphatic carbocycles. The molecule has 22 heteroatoms. The van der Waals surface area contributed by atoms with Crippen molar-refractivity contribution in [3.8, 4) is 0 Å². The molecule has 1 unspecified atom stereocenters. The number of hydrogen-bond donors (Lipinski definition) is 7. The van der Waals surface area contributed by atoms with Crippen molar-refractivity contribution in [2.45, 2.75) is 66.0 Å². The summed E-state index contributed by atoms with van der Waals surface area (Å²) in [6.07, 6.45) is 2.87. The fraction of sp³-hybridized carbons (Fsp3) is 0.659. The molecular formula is C44H69N9O12S. The summed E-state index contributed by atoms with van der Waals surface area (Å²) in [5.74, 6) is -5.32. The van der Waals surface area contributed by atoms with E-state index < -0.39 is 35.9 Å². The second-order valence-electron chi connectivity index (χ2n) is 17.1. The van der Waals surface area contributed by atoms with Gasteiger partial charge in [0.15, 0.2) is 5.78 Å². The zero-order valence-electron chi connectivity index (χ0n) is 38.8. The minimum Gasteiger partial charge on any atom is -0.480 e. The van der Waals surface area contributed by atoms with E-state index in [-0.39, 0.29) is 139 Å². The summed E-state index contributed by atoms with van der Waals surface area (Å²) in [6.45, 7) is 8.86. The Kier molecular flexibility index (Phi) is 23.5. The van der Waals surface area contributed by atoms with E-state index in [4.69, 9.17) is 0 Å². The number of amides is 6. The number of imide groups is 1. The summed E-state index contributed by atoms with van der Waals surface area (Å²) in [4.78, 5) is 121. The second-order valence-corrected chi connectivity index (χ2v) is 18.1. The number of urea groups is 1. The molecule has 4 atom stereocenters. The molecule has 6 amide bonds. The van der Waals surface area contributed by atoms with Gasteiger partial charge in [-0.15, -0.1) is 0 Å². The molecule has 368 valence electrons. The fourth-order valence-electron chi connectivity index (χ4n) is 7.79. The number of anilines is 1. The lowest BCUT2D eigenvalue weighted by molar-refractivity contribution is -0.140. The average molecular weight is 948 g/mol. The molecule has 2 saturated heterocycles. The number of carbonyl (C=O) groups is 9. The highest BCUT2D eigenvalue weighted by molar-refractivity contribution is 7.98. The molecule has 1 aromatic carbocycles. The van der Waals surface area contributed by atoms with Gasteiger partial charge in [0.05, 0.1) is 32.2 Å². The fourth-order valence-corrected chi connectivity index (χ4v) is 8.26. The van der Waals surface area contributed by atoms with Crippen LogP contribution in [-0.2, 0) is 44.9 Å². The van der Waals surface area contributed by atoms with Crippen LogP contribution in [0.5, 0.6) is 0 Å². The normalized spacial score (nSPS) is 18.6. The summed E-state index contributed by atoms with van der Waals surface area (Å²) in [7, 11) is 0. The monoisotopic (exact) mass is 947 g/mol. The first-order valence-electron chi connectivity index (χ1n) is 22.4. The van der Waals surface area contributed by atoms with Gasteiger partial charge in [0, 0.05) is 102 Å². The molecule has 2 fully saturated rings. The van der Waals surface area contributed by atoms with Crippen LogP contribution in [0.3, 0.4) is 0 Å². The Morgan fingerprint density at radius 2 is 1.33 bits per heavy atom. The van der Waals surface area contributed by atoms with Crippen LogP contribution in [0.4, 0.5) is 10.5 Å². The Morgan fingerprint density at radius 1 is 0.803 bits per heavy atom. The molecule has 21 nitrogen and oxygen atoms in total. The van der Waals surface area contributed by atoms with Crippen LogP contribution >= 0.6 is 11.8 Å². The molecule has 2 heterocycles. The van der Waals surface area contributed by atoms with Crippen LogP contribution in [0, 0.1) is 24.7 Å². The summed E-state index contributed by atoms with van der Waals surface area (Å²) < 4.78 is 0. The number of thioether (sulfide) groups is 1. The standard InChI is InChI=1S/C44H69N9O12S/c1-6-29(2)33(42(63)45-10-11-53-38(56)22-31(4)43(53)64)23-36(54)35(9-20-66-5)48-44(65)47-34-8-7-32(21-30(34)3)24-46-37(55)25-49-12-14-50(26-39(57)58)16-18-52(28-41(61)62)19-17-51(15-13-49)27-40(59)60/h7-8,21,29,31,33,35H,6,9-20,22-28H2,1-5H3,(H,45,63)(H,46,55)(H,57,58)(H,59,60)(H,61,62)(H2,47,48,65)/t29-,31?,33-,35-/m0/s1. The lowest BCUT2D eigenvalue weighted by Gasteiger charge is -2.32. The van der Waals surface area contributed by atoms with E-state index in [1.54, 1.807) is 46.7 Å². The summed E-state index contributed by atoms with van der Waals surface area (Å²) in [5, 5.41) is 39.7. The van der Waals surface area contributed by atoms with E-state index in [1.807, 2.05) is 25.0 Å². The van der Waals surface area contributed by atoms with Crippen LogP contribution in [0.2, 0.25) is 0 Å². The number of ketones is 1. The number of nitrogens with zero attached hydrogens (tertiary/aromatic N) is 5. The van der Waals surface area contributed by atoms with Crippen molar-refractivity contribution in [2.24, 2.45) is 17.8 Å². The first-order valence-corrected chi connectivity index (χ1v) is 23.8. The van der Waals surface area contributed by atoms with Gasteiger partial charge in [-0.1, -0.05) is 39.3 Å². The lowest BCUT2D eigenvalue weighted by atomic mass is 9.85. The minimum absolute atomic E-state index is 0.0482. The van der Waals surface area contributed by atoms with E-state index in [2.05, 4.69) is 21.3 Å². The van der Waals surface area contributed by atoms with E-state index in [0.29, 0.717) is 42.9 Å². The highest BCUT2D eigenvalue weighted by Crippen LogP contribution is 2.23. The van der Waals surface area contributed by atoms with Gasteiger partial charge < -0.3 is 36.6 Å². The Bertz CT molecular complexity index is 1840. The van der Waals surface area contributed by atoms with Crippen molar-refractivity contribution in [3.05, 3.63) is 29.3 Å². The molecular weight excluding hydrogens is 879 g/mol. The largest absolute Gasteiger partial charge is 0.480 e. The van der Waals surface area contributed by atoms with Crippen LogP contribution in [0.25, 0.3) is 0 Å². The Hall–Kier alpha value is -5.16. The molecule has 0 aromatic heterocycles. The number of rotatable bonds is 24. The molecule has 3 rings (SSSR count). The third-order valence-electron chi connectivity index (χ3n) is 11.9. The zero-order valence-corrected chi connectivity index (χ0v) is 39.7. The summed E-state index contributed by atoms with van der Waals surface area (Å²) in [6, 6.07) is 3.74.